The molecule has 12 N–H and O–H groups in total. The van der Waals surface area contributed by atoms with Gasteiger partial charge in [0, 0.05) is 20.5 Å². The van der Waals surface area contributed by atoms with Gasteiger partial charge in [-0.3, -0.25) is 9.59 Å². The molecule has 5 fully saturated rings. The molecule has 10 unspecified atom stereocenters. The lowest BCUT2D eigenvalue weighted by molar-refractivity contribution is -0.391. The van der Waals surface area contributed by atoms with Crippen LogP contribution in [-0.2, 0) is 61.7 Å². The minimum Gasteiger partial charge on any atom is -0.454 e. The Bertz CT molecular complexity index is 1430. The first-order chi connectivity index (χ1) is 29.2. The lowest BCUT2D eigenvalue weighted by Gasteiger charge is -2.51. The first-order valence-electron chi connectivity index (χ1n) is 20.5. The Balaban J connectivity index is 1.49. The van der Waals surface area contributed by atoms with Crippen LogP contribution in [0, 0.1) is 0 Å². The number of hydrogen-bond acceptors (Lipinski definition) is 24. The van der Waals surface area contributed by atoms with Crippen molar-refractivity contribution in [2.24, 2.45) is 0 Å². The molecule has 5 aliphatic heterocycles. The molecule has 0 aromatic heterocycles. The van der Waals surface area contributed by atoms with Crippen LogP contribution >= 0.6 is 0 Å². The summed E-state index contributed by atoms with van der Waals surface area (Å²) in [6.45, 7) is 6.54. The zero-order valence-corrected chi connectivity index (χ0v) is 35.0. The van der Waals surface area contributed by atoms with Crippen LogP contribution in [-0.4, -0.2) is 241 Å². The molecule has 5 heterocycles. The van der Waals surface area contributed by atoms with Gasteiger partial charge >= 0.3 is 5.97 Å². The maximum absolute atomic E-state index is 12.8. The van der Waals surface area contributed by atoms with Gasteiger partial charge < -0.3 is 114 Å². The van der Waals surface area contributed by atoms with Crippen LogP contribution in [0.3, 0.4) is 0 Å². The number of aliphatic hydroxyl groups is 11. The third-order valence-corrected chi connectivity index (χ3v) is 11.4. The van der Waals surface area contributed by atoms with Crippen molar-refractivity contribution in [2.75, 3.05) is 19.8 Å². The number of ether oxygens (including phenoxy) is 11. The zero-order chi connectivity index (χ0) is 45.9. The predicted molar refractivity (Wildman–Crippen MR) is 197 cm³/mol. The van der Waals surface area contributed by atoms with Crippen LogP contribution in [0.4, 0.5) is 0 Å². The molecule has 62 heavy (non-hydrogen) atoms. The quantitative estimate of drug-likeness (QED) is 0.0680. The Hall–Kier alpha value is -1.90. The highest BCUT2D eigenvalue weighted by molar-refractivity contribution is 5.73. The molecule has 5 saturated heterocycles. The van der Waals surface area contributed by atoms with Crippen molar-refractivity contribution in [2.45, 2.75) is 201 Å². The van der Waals surface area contributed by atoms with Crippen LogP contribution in [0.5, 0.6) is 0 Å². The highest BCUT2D eigenvalue weighted by Crippen LogP contribution is 2.37. The van der Waals surface area contributed by atoms with E-state index in [1.807, 2.05) is 0 Å². The molecule has 5 rings (SSSR count). The second kappa shape index (κ2) is 22.1. The van der Waals surface area contributed by atoms with Crippen LogP contribution in [0.15, 0.2) is 0 Å². The number of esters is 1. The van der Waals surface area contributed by atoms with Gasteiger partial charge in [0.2, 0.25) is 5.91 Å². The number of aliphatic hydroxyl groups excluding tert-OH is 11. The van der Waals surface area contributed by atoms with Gasteiger partial charge in [0.1, 0.15) is 97.6 Å². The van der Waals surface area contributed by atoms with Gasteiger partial charge in [0.25, 0.3) is 0 Å². The molecule has 0 aromatic carbocycles. The molecule has 360 valence electrons. The van der Waals surface area contributed by atoms with E-state index in [0.717, 1.165) is 13.8 Å². The fourth-order valence-electron chi connectivity index (χ4n) is 7.88. The molecule has 5 aliphatic rings. The van der Waals surface area contributed by atoms with E-state index in [9.17, 15) is 65.8 Å². The zero-order valence-electron chi connectivity index (χ0n) is 35.0. The highest BCUT2D eigenvalue weighted by atomic mass is 16.8. The van der Waals surface area contributed by atoms with Gasteiger partial charge in [0.05, 0.1) is 31.5 Å². The van der Waals surface area contributed by atoms with Crippen LogP contribution in [0.1, 0.15) is 48.0 Å². The SMILES string of the molecule is CCCO[C@@H]1OC(C)[C@H](O)[C@H](O[C@H]2O[C@@H](CO)[C@@H](O)C(O)C2O)C1O[C@@H]1OC(CO)[C@@H](O)C(O[C@@H]2OC(C)[C@H](O)[C@H](O[C@@H]3OC(C)[C@H](O)[C@H](O)C3O)C2OC(C)=O)[C@H]1NC(C)=O. The monoisotopic (exact) mass is 905 g/mol. The molecule has 25 heteroatoms. The molecule has 0 aliphatic carbocycles. The summed E-state index contributed by atoms with van der Waals surface area (Å²) in [5.41, 5.74) is 0. The minimum atomic E-state index is -1.92. The van der Waals surface area contributed by atoms with Gasteiger partial charge in [-0.1, -0.05) is 6.92 Å². The largest absolute Gasteiger partial charge is 0.454 e. The van der Waals surface area contributed by atoms with Crippen molar-refractivity contribution in [1.82, 2.24) is 5.32 Å². The predicted octanol–water partition coefficient (Wildman–Crippen LogP) is -6.69. The van der Waals surface area contributed by atoms with Gasteiger partial charge in [-0.05, 0) is 27.2 Å². The summed E-state index contributed by atoms with van der Waals surface area (Å²) >= 11 is 0. The highest BCUT2D eigenvalue weighted by Gasteiger charge is 2.57. The van der Waals surface area contributed by atoms with E-state index in [-0.39, 0.29) is 6.61 Å². The molecule has 25 nitrogen and oxygen atoms in total. The Morgan fingerprint density at radius 2 is 0.952 bits per heavy atom. The van der Waals surface area contributed by atoms with Crippen LogP contribution in [0.25, 0.3) is 0 Å². The molecule has 0 radical (unpaired) electrons. The fourth-order valence-corrected chi connectivity index (χ4v) is 7.88. The van der Waals surface area contributed by atoms with Crippen molar-refractivity contribution >= 4 is 11.9 Å². The van der Waals surface area contributed by atoms with E-state index in [0.29, 0.717) is 6.42 Å². The summed E-state index contributed by atoms with van der Waals surface area (Å²) in [5.74, 6) is -1.67. The van der Waals surface area contributed by atoms with Crippen LogP contribution < -0.4 is 5.32 Å². The van der Waals surface area contributed by atoms with Gasteiger partial charge in [0.15, 0.2) is 37.6 Å². The summed E-state index contributed by atoms with van der Waals surface area (Å²) in [6, 6.07) is -1.59. The molecular formula is C37H63NO24. The van der Waals surface area contributed by atoms with E-state index in [2.05, 4.69) is 5.32 Å². The molecule has 0 saturated carbocycles. The van der Waals surface area contributed by atoms with E-state index in [4.69, 9.17) is 52.1 Å². The average molecular weight is 906 g/mol. The first kappa shape index (κ1) is 51.1. The minimum absolute atomic E-state index is 0.0652. The van der Waals surface area contributed by atoms with Crippen molar-refractivity contribution in [3.05, 3.63) is 0 Å². The maximum Gasteiger partial charge on any atom is 0.303 e. The van der Waals surface area contributed by atoms with Gasteiger partial charge in [-0.25, -0.2) is 0 Å². The van der Waals surface area contributed by atoms with Crippen LogP contribution in [0.2, 0.25) is 0 Å². The van der Waals surface area contributed by atoms with E-state index in [1.54, 1.807) is 6.92 Å². The summed E-state index contributed by atoms with van der Waals surface area (Å²) < 4.78 is 65.1. The molecule has 1 amide bonds. The fraction of sp³-hybridized carbons (Fsp3) is 0.946. The third kappa shape index (κ3) is 11.2. The molecule has 0 bridgehead atoms. The maximum atomic E-state index is 12.8. The smallest absolute Gasteiger partial charge is 0.303 e. The number of hydrogen-bond donors (Lipinski definition) is 12. The lowest BCUT2D eigenvalue weighted by atomic mass is 9.94. The standard InChI is InChI=1S/C37H63NO24/c1-7-8-52-36-31(29(20(44)12(3)54-36)61-35-27(51)25(49)22(46)16(9-39)58-35)62-33-18(38-14(5)41)28(23(47)17(10-40)57-33)59-37-32(56-15(6)42)30(21(45)13(4)55-37)60-34-26(50)24(48)19(43)11(2)53-34/h11-13,16-37,39-40,43-51H,7-10H2,1-6H3,(H,38,41)/t11?,12?,13?,16-,17?,18+,19-,20-,21-,22+,23+,24-,25?,26?,27?,28?,29-,30-,31?,32?,33-,34-,35+,36+,37-/m0/s1. The number of amides is 1. The van der Waals surface area contributed by atoms with Gasteiger partial charge in [-0.2, -0.15) is 0 Å². The first-order valence-corrected chi connectivity index (χ1v) is 20.5. The van der Waals surface area contributed by atoms with E-state index < -0.39 is 179 Å². The summed E-state index contributed by atoms with van der Waals surface area (Å²) in [6.07, 6.45) is -38.2. The number of nitrogens with one attached hydrogen (secondary N) is 1. The molecule has 25 atom stereocenters. The van der Waals surface area contributed by atoms with Crippen molar-refractivity contribution in [3.63, 3.8) is 0 Å². The van der Waals surface area contributed by atoms with Crippen molar-refractivity contribution < 1.29 is 118 Å². The summed E-state index contributed by atoms with van der Waals surface area (Å²) in [7, 11) is 0. The molecule has 0 spiro atoms. The normalized spacial score (nSPS) is 49.0. The Morgan fingerprint density at radius 3 is 1.50 bits per heavy atom. The Morgan fingerprint density at radius 1 is 0.500 bits per heavy atom. The summed E-state index contributed by atoms with van der Waals surface area (Å²) in [5, 5.41) is 120. The van der Waals surface area contributed by atoms with Crippen molar-refractivity contribution in [3.8, 4) is 0 Å². The number of carbonyl (C=O) groups is 2. The third-order valence-electron chi connectivity index (χ3n) is 11.4. The van der Waals surface area contributed by atoms with Crippen molar-refractivity contribution in [1.29, 1.82) is 0 Å². The number of rotatable bonds is 15. The lowest BCUT2D eigenvalue weighted by Crippen LogP contribution is -2.70. The van der Waals surface area contributed by atoms with E-state index in [1.165, 1.54) is 20.8 Å². The Kier molecular flexibility index (Phi) is 18.2. The Labute approximate surface area is 356 Å². The molecule has 0 aromatic rings. The van der Waals surface area contributed by atoms with Gasteiger partial charge in [-0.15, -0.1) is 0 Å². The second-order valence-electron chi connectivity index (χ2n) is 16.1. The summed E-state index contributed by atoms with van der Waals surface area (Å²) in [4.78, 5) is 25.4. The average Bonchev–Trinajstić information content (AvgIpc) is 3.22. The second-order valence-corrected chi connectivity index (χ2v) is 16.1. The topological polar surface area (TPSA) is 370 Å². The van der Waals surface area contributed by atoms with E-state index >= 15 is 0 Å². The number of carbonyl (C=O) groups excluding carboxylic acids is 2. The molecular weight excluding hydrogens is 842 g/mol.